The van der Waals surface area contributed by atoms with Crippen molar-refractivity contribution in [3.63, 3.8) is 0 Å². The molecule has 0 aliphatic carbocycles. The van der Waals surface area contributed by atoms with Crippen molar-refractivity contribution in [2.24, 2.45) is 0 Å². The van der Waals surface area contributed by atoms with E-state index in [2.05, 4.69) is 21.7 Å². The van der Waals surface area contributed by atoms with Crippen molar-refractivity contribution in [2.75, 3.05) is 14.1 Å². The Hall–Kier alpha value is -2.62. The minimum Gasteiger partial charge on any atom is -0.383 e. The average Bonchev–Trinajstić information content (AvgIpc) is 2.80. The second-order valence-corrected chi connectivity index (χ2v) is 5.61. The number of rotatable bonds is 1. The minimum absolute atomic E-state index is 0.0320. The number of ketones is 1. The van der Waals surface area contributed by atoms with Crippen LogP contribution in [0.5, 0.6) is 0 Å². The first-order valence-corrected chi connectivity index (χ1v) is 6.94. The highest BCUT2D eigenvalue weighted by atomic mass is 16.1. The molecule has 0 saturated carbocycles. The van der Waals surface area contributed by atoms with Gasteiger partial charge in [0, 0.05) is 48.4 Å². The molecule has 4 heteroatoms. The van der Waals surface area contributed by atoms with Gasteiger partial charge in [0.05, 0.1) is 12.1 Å². The second kappa shape index (κ2) is 4.19. The Balaban J connectivity index is 2.13. The molecule has 0 fully saturated rings. The van der Waals surface area contributed by atoms with Gasteiger partial charge in [-0.25, -0.2) is 0 Å². The van der Waals surface area contributed by atoms with Gasteiger partial charge in [0.15, 0.2) is 0 Å². The molecule has 21 heavy (non-hydrogen) atoms. The molecule has 0 radical (unpaired) electrons. The summed E-state index contributed by atoms with van der Waals surface area (Å²) in [6.45, 7) is 0.597. The molecular formula is C17H15N3O. The van der Waals surface area contributed by atoms with Crippen LogP contribution in [0.25, 0.3) is 21.8 Å². The van der Waals surface area contributed by atoms with Crippen LogP contribution in [-0.2, 0) is 6.54 Å². The van der Waals surface area contributed by atoms with E-state index in [1.54, 1.807) is 6.20 Å². The van der Waals surface area contributed by atoms with Crippen LogP contribution in [0.15, 0.2) is 48.3 Å². The largest absolute Gasteiger partial charge is 0.383 e. The molecule has 0 spiro atoms. The maximum atomic E-state index is 12.6. The van der Waals surface area contributed by atoms with Gasteiger partial charge in [0.2, 0.25) is 5.78 Å². The number of pyridine rings is 1. The third kappa shape index (κ3) is 1.62. The normalized spacial score (nSPS) is 16.1. The van der Waals surface area contributed by atoms with E-state index in [4.69, 9.17) is 0 Å². The van der Waals surface area contributed by atoms with E-state index in [9.17, 15) is 4.79 Å². The Kier molecular flexibility index (Phi) is 2.42. The zero-order valence-corrected chi connectivity index (χ0v) is 12.0. The lowest BCUT2D eigenvalue weighted by Crippen LogP contribution is -2.21. The molecule has 0 unspecified atom stereocenters. The van der Waals surface area contributed by atoms with Gasteiger partial charge in [-0.15, -0.1) is 0 Å². The molecule has 0 saturated heterocycles. The summed E-state index contributed by atoms with van der Waals surface area (Å²) in [5, 5.41) is 2.28. The van der Waals surface area contributed by atoms with Crippen LogP contribution in [0.3, 0.4) is 0 Å². The lowest BCUT2D eigenvalue weighted by molar-refractivity contribution is 0.102. The third-order valence-electron chi connectivity index (χ3n) is 3.93. The van der Waals surface area contributed by atoms with E-state index in [1.807, 2.05) is 43.4 Å². The molecular weight excluding hydrogens is 262 g/mol. The molecule has 0 amide bonds. The quantitative estimate of drug-likeness (QED) is 0.642. The van der Waals surface area contributed by atoms with Crippen molar-refractivity contribution in [1.29, 1.82) is 0 Å². The first kappa shape index (κ1) is 12.1. The van der Waals surface area contributed by atoms with Gasteiger partial charge in [0.25, 0.3) is 0 Å². The predicted octanol–water partition coefficient (Wildman–Crippen LogP) is 2.83. The van der Waals surface area contributed by atoms with Gasteiger partial charge in [-0.05, 0) is 12.1 Å². The maximum Gasteiger partial charge on any atom is 0.212 e. The van der Waals surface area contributed by atoms with E-state index >= 15 is 0 Å². The first-order chi connectivity index (χ1) is 10.2. The fourth-order valence-corrected chi connectivity index (χ4v) is 3.14. The summed E-state index contributed by atoms with van der Waals surface area (Å²) in [5.74, 6) is 0.0320. The molecule has 2 aromatic heterocycles. The molecule has 0 atom stereocenters. The molecule has 4 nitrogen and oxygen atoms in total. The molecule has 0 N–H and O–H groups in total. The third-order valence-corrected chi connectivity index (χ3v) is 3.93. The van der Waals surface area contributed by atoms with Crippen molar-refractivity contribution < 1.29 is 4.79 Å². The highest BCUT2D eigenvalue weighted by Crippen LogP contribution is 2.34. The summed E-state index contributed by atoms with van der Waals surface area (Å²) in [5.41, 5.74) is 3.44. The lowest BCUT2D eigenvalue weighted by Gasteiger charge is -2.19. The number of benzene rings is 1. The molecule has 1 aliphatic rings. The second-order valence-electron chi connectivity index (χ2n) is 5.61. The number of aromatic nitrogens is 2. The Labute approximate surface area is 122 Å². The van der Waals surface area contributed by atoms with E-state index < -0.39 is 0 Å². The summed E-state index contributed by atoms with van der Waals surface area (Å²) in [4.78, 5) is 18.9. The van der Waals surface area contributed by atoms with Crippen molar-refractivity contribution in [3.05, 3.63) is 54.0 Å². The molecule has 3 heterocycles. The summed E-state index contributed by atoms with van der Waals surface area (Å²) >= 11 is 0. The number of hydrogen-bond acceptors (Lipinski definition) is 3. The Bertz CT molecular complexity index is 918. The van der Waals surface area contributed by atoms with E-state index in [0.717, 1.165) is 22.0 Å². The van der Waals surface area contributed by atoms with Gasteiger partial charge in [0.1, 0.15) is 5.69 Å². The fraction of sp³-hybridized carbons (Fsp3) is 0.176. The smallest absolute Gasteiger partial charge is 0.212 e. The van der Waals surface area contributed by atoms with Crippen molar-refractivity contribution in [1.82, 2.24) is 14.5 Å². The SMILES string of the molecule is CN(C)/C=C1\Cn2c3ccccc3c3ccnc(c32)C1=O. The van der Waals surface area contributed by atoms with Crippen LogP contribution in [-0.4, -0.2) is 34.3 Å². The first-order valence-electron chi connectivity index (χ1n) is 6.94. The number of fused-ring (bicyclic) bond motifs is 3. The Morgan fingerprint density at radius 1 is 1.19 bits per heavy atom. The van der Waals surface area contributed by atoms with Gasteiger partial charge >= 0.3 is 0 Å². The summed E-state index contributed by atoms with van der Waals surface area (Å²) in [6, 6.07) is 10.3. The van der Waals surface area contributed by atoms with Gasteiger partial charge in [-0.3, -0.25) is 9.78 Å². The monoisotopic (exact) mass is 277 g/mol. The highest BCUT2D eigenvalue weighted by molar-refractivity contribution is 6.20. The Morgan fingerprint density at radius 3 is 2.81 bits per heavy atom. The number of carbonyl (C=O) groups is 1. The fourth-order valence-electron chi connectivity index (χ4n) is 3.14. The van der Waals surface area contributed by atoms with Crippen LogP contribution in [0.4, 0.5) is 0 Å². The molecule has 4 rings (SSSR count). The number of allylic oxidation sites excluding steroid dienone is 1. The molecule has 104 valence electrons. The van der Waals surface area contributed by atoms with Crippen LogP contribution in [0.2, 0.25) is 0 Å². The van der Waals surface area contributed by atoms with Gasteiger partial charge in [-0.2, -0.15) is 0 Å². The number of para-hydroxylation sites is 1. The summed E-state index contributed by atoms with van der Waals surface area (Å²) in [7, 11) is 3.86. The molecule has 0 bridgehead atoms. The van der Waals surface area contributed by atoms with E-state index in [-0.39, 0.29) is 5.78 Å². The standard InChI is InChI=1S/C17H15N3O/c1-19(2)9-11-10-20-14-6-4-3-5-12(14)13-7-8-18-15(16(13)20)17(11)21/h3-9H,10H2,1-2H3/b11-9+. The number of carbonyl (C=O) groups excluding carboxylic acids is 1. The van der Waals surface area contributed by atoms with E-state index in [1.165, 1.54) is 5.39 Å². The van der Waals surface area contributed by atoms with Crippen molar-refractivity contribution in [2.45, 2.75) is 6.54 Å². The Morgan fingerprint density at radius 2 is 2.00 bits per heavy atom. The zero-order valence-electron chi connectivity index (χ0n) is 12.0. The van der Waals surface area contributed by atoms with Crippen molar-refractivity contribution >= 4 is 27.6 Å². The zero-order chi connectivity index (χ0) is 14.6. The summed E-state index contributed by atoms with van der Waals surface area (Å²) < 4.78 is 2.20. The minimum atomic E-state index is 0.0320. The van der Waals surface area contributed by atoms with E-state index in [0.29, 0.717) is 12.2 Å². The topological polar surface area (TPSA) is 38.1 Å². The summed E-state index contributed by atoms with van der Waals surface area (Å²) in [6.07, 6.45) is 3.62. The lowest BCUT2D eigenvalue weighted by atomic mass is 10.0. The van der Waals surface area contributed by atoms with Crippen LogP contribution in [0.1, 0.15) is 10.5 Å². The number of nitrogens with zero attached hydrogens (tertiary/aromatic N) is 3. The van der Waals surface area contributed by atoms with Gasteiger partial charge < -0.3 is 9.47 Å². The highest BCUT2D eigenvalue weighted by Gasteiger charge is 2.27. The number of hydrogen-bond donors (Lipinski definition) is 0. The molecule has 1 aromatic carbocycles. The average molecular weight is 277 g/mol. The van der Waals surface area contributed by atoms with Gasteiger partial charge in [-0.1, -0.05) is 18.2 Å². The van der Waals surface area contributed by atoms with Crippen molar-refractivity contribution in [3.8, 4) is 0 Å². The van der Waals surface area contributed by atoms with Crippen LogP contribution in [0, 0.1) is 0 Å². The molecule has 3 aromatic rings. The predicted molar refractivity (Wildman–Crippen MR) is 83.3 cm³/mol. The molecule has 1 aliphatic heterocycles. The van der Waals surface area contributed by atoms with Crippen LogP contribution < -0.4 is 0 Å². The van der Waals surface area contributed by atoms with Crippen LogP contribution >= 0.6 is 0 Å². The maximum absolute atomic E-state index is 12.6. The number of Topliss-reactive ketones (excluding diaryl/α,β-unsaturated/α-hetero) is 1.